The van der Waals surface area contributed by atoms with Crippen LogP contribution in [0.25, 0.3) is 21.5 Å². The number of ketones is 1. The fourth-order valence-corrected chi connectivity index (χ4v) is 4.46. The lowest BCUT2D eigenvalue weighted by Crippen LogP contribution is -2.06. The van der Waals surface area contributed by atoms with Gasteiger partial charge in [0.1, 0.15) is 0 Å². The number of halogens is 6. The van der Waals surface area contributed by atoms with E-state index in [9.17, 15) is 18.0 Å². The zero-order valence-electron chi connectivity index (χ0n) is 11.8. The summed E-state index contributed by atoms with van der Waals surface area (Å²) in [6.07, 6.45) is -4.45. The highest BCUT2D eigenvalue weighted by Crippen LogP contribution is 2.39. The van der Waals surface area contributed by atoms with Crippen molar-refractivity contribution in [3.05, 3.63) is 56.5 Å². The van der Waals surface area contributed by atoms with Gasteiger partial charge in [0.15, 0.2) is 5.78 Å². The number of Topliss-reactive ketones (excluding diaryl/α,β-unsaturated/α-hetero) is 1. The number of hydrogen-bond donors (Lipinski definition) is 0. The summed E-state index contributed by atoms with van der Waals surface area (Å²) in [6.45, 7) is 0. The minimum absolute atomic E-state index is 0.101. The Hall–Kier alpha value is -0.920. The third-order valence-electron chi connectivity index (χ3n) is 3.71. The van der Waals surface area contributed by atoms with E-state index in [4.69, 9.17) is 0 Å². The molecule has 0 saturated heterocycles. The van der Waals surface area contributed by atoms with Crippen molar-refractivity contribution < 1.29 is 18.0 Å². The number of alkyl halides is 4. The normalized spacial score (nSPS) is 12.1. The first-order valence-electron chi connectivity index (χ1n) is 6.74. The molecule has 0 saturated carbocycles. The molecule has 0 unspecified atom stereocenters. The molecule has 0 N–H and O–H groups in total. The average Bonchev–Trinajstić information content (AvgIpc) is 2.51. The van der Waals surface area contributed by atoms with Gasteiger partial charge in [-0.15, -0.1) is 0 Å². The van der Waals surface area contributed by atoms with E-state index >= 15 is 0 Å². The van der Waals surface area contributed by atoms with Crippen LogP contribution in [0.3, 0.4) is 0 Å². The maximum atomic E-state index is 13.1. The number of benzene rings is 3. The van der Waals surface area contributed by atoms with E-state index in [1.807, 2.05) is 0 Å². The highest BCUT2D eigenvalue weighted by Gasteiger charge is 2.31. The van der Waals surface area contributed by atoms with Crippen LogP contribution in [-0.4, -0.2) is 11.1 Å². The summed E-state index contributed by atoms with van der Waals surface area (Å²) in [5, 5.41) is 2.33. The minimum Gasteiger partial charge on any atom is -0.293 e. The second-order valence-corrected chi connectivity index (χ2v) is 7.56. The molecule has 0 aliphatic carbocycles. The summed E-state index contributed by atoms with van der Waals surface area (Å²) < 4.78 is 40.8. The summed E-state index contributed by atoms with van der Waals surface area (Å²) >= 11 is 9.91. The monoisotopic (exact) mass is 522 g/mol. The fraction of sp³-hybridized carbons (Fsp3) is 0.118. The first-order chi connectivity index (χ1) is 11.2. The van der Waals surface area contributed by atoms with Crippen molar-refractivity contribution in [2.45, 2.75) is 6.18 Å². The molecule has 0 fully saturated rings. The maximum absolute atomic E-state index is 13.1. The lowest BCUT2D eigenvalue weighted by molar-refractivity contribution is -0.137. The van der Waals surface area contributed by atoms with E-state index < -0.39 is 11.7 Å². The zero-order chi connectivity index (χ0) is 17.6. The van der Waals surface area contributed by atoms with Crippen LogP contribution in [0.15, 0.2) is 45.3 Å². The number of fused-ring (bicyclic) bond motifs is 3. The molecule has 1 nitrogen and oxygen atoms in total. The van der Waals surface area contributed by atoms with E-state index in [1.165, 1.54) is 6.07 Å². The Labute approximate surface area is 160 Å². The van der Waals surface area contributed by atoms with Crippen LogP contribution in [0.1, 0.15) is 15.9 Å². The van der Waals surface area contributed by atoms with Gasteiger partial charge in [-0.25, -0.2) is 0 Å². The lowest BCUT2D eigenvalue weighted by atomic mass is 9.94. The summed E-state index contributed by atoms with van der Waals surface area (Å²) in [6, 6.07) is 8.73. The number of carbonyl (C=O) groups excluding carboxylic acids is 1. The second kappa shape index (κ2) is 6.42. The van der Waals surface area contributed by atoms with E-state index in [0.29, 0.717) is 31.6 Å². The molecule has 3 aromatic rings. The van der Waals surface area contributed by atoms with Gasteiger partial charge in [-0.1, -0.05) is 53.9 Å². The summed E-state index contributed by atoms with van der Waals surface area (Å²) in [7, 11) is 0. The van der Waals surface area contributed by atoms with Crippen LogP contribution in [0.2, 0.25) is 0 Å². The minimum atomic E-state index is -4.45. The van der Waals surface area contributed by atoms with Gasteiger partial charge in [-0.3, -0.25) is 4.79 Å². The lowest BCUT2D eigenvalue weighted by Gasteiger charge is -2.14. The van der Waals surface area contributed by atoms with Crippen molar-refractivity contribution in [3.63, 3.8) is 0 Å². The van der Waals surface area contributed by atoms with E-state index in [2.05, 4.69) is 47.8 Å². The van der Waals surface area contributed by atoms with Crippen LogP contribution in [-0.2, 0) is 6.18 Å². The molecule has 24 heavy (non-hydrogen) atoms. The van der Waals surface area contributed by atoms with Crippen LogP contribution >= 0.6 is 47.8 Å². The molecule has 0 aromatic heterocycles. The predicted octanol–water partition coefficient (Wildman–Crippen LogP) is 7.11. The Bertz CT molecular complexity index is 980. The first kappa shape index (κ1) is 17.9. The van der Waals surface area contributed by atoms with Crippen molar-refractivity contribution in [3.8, 4) is 0 Å². The Morgan fingerprint density at radius 3 is 2.33 bits per heavy atom. The fourth-order valence-electron chi connectivity index (χ4n) is 2.69. The predicted molar refractivity (Wildman–Crippen MR) is 100.0 cm³/mol. The zero-order valence-corrected chi connectivity index (χ0v) is 16.6. The smallest absolute Gasteiger partial charge is 0.293 e. The molecule has 124 valence electrons. The van der Waals surface area contributed by atoms with Crippen LogP contribution in [0.5, 0.6) is 0 Å². The van der Waals surface area contributed by atoms with Gasteiger partial charge < -0.3 is 0 Å². The number of hydrogen-bond acceptors (Lipinski definition) is 1. The van der Waals surface area contributed by atoms with Gasteiger partial charge in [0.2, 0.25) is 0 Å². The molecule has 0 bridgehead atoms. The van der Waals surface area contributed by atoms with Crippen molar-refractivity contribution in [2.75, 3.05) is 5.33 Å². The topological polar surface area (TPSA) is 17.1 Å². The molecule has 3 rings (SSSR count). The van der Waals surface area contributed by atoms with Gasteiger partial charge in [-0.05, 0) is 46.5 Å². The molecule has 0 atom stereocenters. The van der Waals surface area contributed by atoms with E-state index in [1.54, 1.807) is 18.2 Å². The molecule has 0 radical (unpaired) electrons. The SMILES string of the molecule is O=C(CBr)c1cc2cc(Br)cc(Br)c2c2cc(C(F)(F)F)ccc12. The molecular weight excluding hydrogens is 517 g/mol. The van der Waals surface area contributed by atoms with Crippen LogP contribution in [0, 0.1) is 0 Å². The molecule has 0 heterocycles. The molecule has 0 aliphatic rings. The van der Waals surface area contributed by atoms with Crippen molar-refractivity contribution in [2.24, 2.45) is 0 Å². The Kier molecular flexibility index (Phi) is 4.79. The highest BCUT2D eigenvalue weighted by atomic mass is 79.9. The van der Waals surface area contributed by atoms with Gasteiger partial charge in [0, 0.05) is 19.9 Å². The summed E-state index contributed by atoms with van der Waals surface area (Å²) in [5.41, 5.74) is -0.345. The third-order valence-corrected chi connectivity index (χ3v) is 5.31. The summed E-state index contributed by atoms with van der Waals surface area (Å²) in [5.74, 6) is -0.183. The third kappa shape index (κ3) is 3.13. The molecule has 0 aliphatic heterocycles. The number of carbonyl (C=O) groups is 1. The molecule has 0 spiro atoms. The van der Waals surface area contributed by atoms with E-state index in [-0.39, 0.29) is 11.1 Å². The first-order valence-corrected chi connectivity index (χ1v) is 9.45. The Morgan fingerprint density at radius 1 is 1.00 bits per heavy atom. The molecule has 0 amide bonds. The standard InChI is InChI=1S/C17H8Br3F3O/c18-7-15(24)12-4-8-3-10(19)6-14(20)16(8)13-5-9(17(21,22)23)1-2-11(12)13/h1-6H,7H2. The van der Waals surface area contributed by atoms with Gasteiger partial charge in [0.25, 0.3) is 0 Å². The average molecular weight is 525 g/mol. The number of rotatable bonds is 2. The van der Waals surface area contributed by atoms with Crippen LogP contribution < -0.4 is 0 Å². The second-order valence-electron chi connectivity index (χ2n) is 5.22. The summed E-state index contributed by atoms with van der Waals surface area (Å²) in [4.78, 5) is 12.2. The van der Waals surface area contributed by atoms with Crippen molar-refractivity contribution in [1.29, 1.82) is 0 Å². The van der Waals surface area contributed by atoms with Gasteiger partial charge >= 0.3 is 6.18 Å². The quantitative estimate of drug-likeness (QED) is 0.198. The largest absolute Gasteiger partial charge is 0.416 e. The molecule has 7 heteroatoms. The van der Waals surface area contributed by atoms with Crippen LogP contribution in [0.4, 0.5) is 13.2 Å². The van der Waals surface area contributed by atoms with Crippen molar-refractivity contribution in [1.82, 2.24) is 0 Å². The highest BCUT2D eigenvalue weighted by molar-refractivity contribution is 9.11. The maximum Gasteiger partial charge on any atom is 0.416 e. The van der Waals surface area contributed by atoms with Crippen molar-refractivity contribution >= 4 is 75.1 Å². The Morgan fingerprint density at radius 2 is 1.71 bits per heavy atom. The van der Waals surface area contributed by atoms with Gasteiger partial charge in [0.05, 0.1) is 10.9 Å². The van der Waals surface area contributed by atoms with Gasteiger partial charge in [-0.2, -0.15) is 13.2 Å². The van der Waals surface area contributed by atoms with E-state index in [0.717, 1.165) is 16.6 Å². The molecular formula is C17H8Br3F3O. The Balaban J connectivity index is 2.52. The molecule has 3 aromatic carbocycles.